The molecule has 17 heavy (non-hydrogen) atoms. The van der Waals surface area contributed by atoms with Crippen LogP contribution < -0.4 is 4.90 Å². The highest BCUT2D eigenvalue weighted by Crippen LogP contribution is 2.34. The average molecular weight is 228 g/mol. The molecule has 1 saturated heterocycles. The molecule has 1 aliphatic rings. The summed E-state index contributed by atoms with van der Waals surface area (Å²) in [5.74, 6) is 0.642. The molecular formula is C15H20N2. The highest BCUT2D eigenvalue weighted by atomic mass is 15.2. The second kappa shape index (κ2) is 4.79. The Morgan fingerprint density at radius 3 is 2.82 bits per heavy atom. The Balaban J connectivity index is 2.43. The number of nitrogens with zero attached hydrogens (tertiary/aromatic N) is 2. The number of benzene rings is 1. The van der Waals surface area contributed by atoms with E-state index in [1.165, 1.54) is 18.4 Å². The molecule has 0 saturated carbocycles. The number of anilines is 1. The Morgan fingerprint density at radius 1 is 1.41 bits per heavy atom. The second-order valence-electron chi connectivity index (χ2n) is 5.23. The van der Waals surface area contributed by atoms with Gasteiger partial charge < -0.3 is 4.90 Å². The maximum atomic E-state index is 9.25. The molecule has 1 unspecified atom stereocenters. The summed E-state index contributed by atoms with van der Waals surface area (Å²) < 4.78 is 0. The Kier molecular flexibility index (Phi) is 3.38. The first kappa shape index (κ1) is 12.0. The van der Waals surface area contributed by atoms with Crippen molar-refractivity contribution in [2.45, 2.75) is 39.7 Å². The van der Waals surface area contributed by atoms with Crippen molar-refractivity contribution in [2.75, 3.05) is 11.4 Å². The Morgan fingerprint density at radius 2 is 2.18 bits per heavy atom. The first-order valence-corrected chi connectivity index (χ1v) is 6.41. The van der Waals surface area contributed by atoms with Gasteiger partial charge in [0.15, 0.2) is 0 Å². The van der Waals surface area contributed by atoms with Gasteiger partial charge in [-0.2, -0.15) is 5.26 Å². The average Bonchev–Trinajstić information content (AvgIpc) is 2.77. The van der Waals surface area contributed by atoms with Crippen LogP contribution in [0.15, 0.2) is 18.2 Å². The maximum absolute atomic E-state index is 9.25. The summed E-state index contributed by atoms with van der Waals surface area (Å²) in [7, 11) is 0. The lowest BCUT2D eigenvalue weighted by Crippen LogP contribution is -2.34. The summed E-state index contributed by atoms with van der Waals surface area (Å²) in [5, 5.41) is 9.25. The van der Waals surface area contributed by atoms with E-state index in [-0.39, 0.29) is 0 Å². The minimum absolute atomic E-state index is 0.586. The van der Waals surface area contributed by atoms with Gasteiger partial charge in [0, 0.05) is 12.6 Å². The number of para-hydroxylation sites is 1. The fourth-order valence-electron chi connectivity index (χ4n) is 2.89. The van der Waals surface area contributed by atoms with Crippen molar-refractivity contribution in [1.29, 1.82) is 5.26 Å². The van der Waals surface area contributed by atoms with E-state index in [4.69, 9.17) is 0 Å². The summed E-state index contributed by atoms with van der Waals surface area (Å²) in [5.41, 5.74) is 3.19. The molecular weight excluding hydrogens is 208 g/mol. The van der Waals surface area contributed by atoms with Crippen molar-refractivity contribution in [1.82, 2.24) is 0 Å². The van der Waals surface area contributed by atoms with Gasteiger partial charge in [0.1, 0.15) is 6.07 Å². The van der Waals surface area contributed by atoms with Crippen LogP contribution in [0.25, 0.3) is 0 Å². The third-order valence-corrected chi connectivity index (χ3v) is 3.71. The fraction of sp³-hybridized carbons (Fsp3) is 0.533. The highest BCUT2D eigenvalue weighted by Gasteiger charge is 2.29. The van der Waals surface area contributed by atoms with Gasteiger partial charge >= 0.3 is 0 Å². The molecule has 1 fully saturated rings. The number of hydrogen-bond acceptors (Lipinski definition) is 2. The number of nitriles is 1. The van der Waals surface area contributed by atoms with Gasteiger partial charge in [0.05, 0.1) is 11.3 Å². The lowest BCUT2D eigenvalue weighted by molar-refractivity contribution is 0.491. The van der Waals surface area contributed by atoms with E-state index in [2.05, 4.69) is 37.8 Å². The Bertz CT molecular complexity index is 443. The van der Waals surface area contributed by atoms with Crippen molar-refractivity contribution >= 4 is 5.69 Å². The first-order valence-electron chi connectivity index (χ1n) is 6.41. The quantitative estimate of drug-likeness (QED) is 0.774. The smallest absolute Gasteiger partial charge is 0.101 e. The van der Waals surface area contributed by atoms with Crippen LogP contribution in [-0.2, 0) is 0 Å². The van der Waals surface area contributed by atoms with Crippen LogP contribution in [0.5, 0.6) is 0 Å². The molecule has 0 aromatic heterocycles. The van der Waals surface area contributed by atoms with E-state index in [9.17, 15) is 5.26 Å². The largest absolute Gasteiger partial charge is 0.367 e. The second-order valence-corrected chi connectivity index (χ2v) is 5.23. The number of aryl methyl sites for hydroxylation is 1. The third kappa shape index (κ3) is 2.15. The molecule has 0 radical (unpaired) electrons. The van der Waals surface area contributed by atoms with E-state index in [1.807, 2.05) is 12.1 Å². The summed E-state index contributed by atoms with van der Waals surface area (Å²) in [6.45, 7) is 7.73. The number of hydrogen-bond donors (Lipinski definition) is 0. The third-order valence-electron chi connectivity index (χ3n) is 3.71. The molecule has 1 aromatic carbocycles. The van der Waals surface area contributed by atoms with Crippen molar-refractivity contribution in [2.24, 2.45) is 5.92 Å². The zero-order chi connectivity index (χ0) is 12.4. The molecule has 1 aliphatic heterocycles. The minimum Gasteiger partial charge on any atom is -0.367 e. The normalized spacial score (nSPS) is 19.7. The predicted molar refractivity (Wildman–Crippen MR) is 71.1 cm³/mol. The summed E-state index contributed by atoms with van der Waals surface area (Å²) in [4.78, 5) is 2.44. The molecule has 90 valence electrons. The Hall–Kier alpha value is -1.49. The van der Waals surface area contributed by atoms with Gasteiger partial charge in [-0.25, -0.2) is 0 Å². The SMILES string of the molecule is Cc1cccc(C#N)c1N1CCCC1C(C)C. The van der Waals surface area contributed by atoms with Gasteiger partial charge in [-0.15, -0.1) is 0 Å². The van der Waals surface area contributed by atoms with Gasteiger partial charge in [-0.05, 0) is 37.3 Å². The van der Waals surface area contributed by atoms with Crippen molar-refractivity contribution < 1.29 is 0 Å². The molecule has 0 N–H and O–H groups in total. The highest BCUT2D eigenvalue weighted by molar-refractivity contribution is 5.65. The molecule has 2 heteroatoms. The van der Waals surface area contributed by atoms with E-state index >= 15 is 0 Å². The molecule has 1 heterocycles. The fourth-order valence-corrected chi connectivity index (χ4v) is 2.89. The zero-order valence-corrected chi connectivity index (χ0v) is 10.9. The van der Waals surface area contributed by atoms with Gasteiger partial charge in [-0.1, -0.05) is 26.0 Å². The molecule has 1 atom stereocenters. The maximum Gasteiger partial charge on any atom is 0.101 e. The van der Waals surface area contributed by atoms with Crippen LogP contribution >= 0.6 is 0 Å². The Labute approximate surface area is 104 Å². The summed E-state index contributed by atoms with van der Waals surface area (Å²) >= 11 is 0. The van der Waals surface area contributed by atoms with Crippen LogP contribution in [0.3, 0.4) is 0 Å². The number of rotatable bonds is 2. The molecule has 2 rings (SSSR count). The lowest BCUT2D eigenvalue weighted by atomic mass is 9.99. The lowest BCUT2D eigenvalue weighted by Gasteiger charge is -2.31. The predicted octanol–water partition coefficient (Wildman–Crippen LogP) is 3.49. The molecule has 2 nitrogen and oxygen atoms in total. The van der Waals surface area contributed by atoms with Gasteiger partial charge in [-0.3, -0.25) is 0 Å². The molecule has 0 spiro atoms. The topological polar surface area (TPSA) is 27.0 Å². The van der Waals surface area contributed by atoms with Crippen molar-refractivity contribution in [3.8, 4) is 6.07 Å². The van der Waals surface area contributed by atoms with Gasteiger partial charge in [0.2, 0.25) is 0 Å². The van der Waals surface area contributed by atoms with Crippen molar-refractivity contribution in [3.63, 3.8) is 0 Å². The van der Waals surface area contributed by atoms with Crippen LogP contribution in [0.2, 0.25) is 0 Å². The van der Waals surface area contributed by atoms with Crippen LogP contribution in [-0.4, -0.2) is 12.6 Å². The standard InChI is InChI=1S/C15H20N2/c1-11(2)14-8-5-9-17(14)15-12(3)6-4-7-13(15)10-16/h4,6-7,11,14H,5,8-9H2,1-3H3. The minimum atomic E-state index is 0.586. The summed E-state index contributed by atoms with van der Waals surface area (Å²) in [6.07, 6.45) is 2.49. The molecule has 0 aliphatic carbocycles. The molecule has 0 amide bonds. The zero-order valence-electron chi connectivity index (χ0n) is 10.9. The van der Waals surface area contributed by atoms with E-state index in [1.54, 1.807) is 0 Å². The summed E-state index contributed by atoms with van der Waals surface area (Å²) in [6, 6.07) is 8.92. The van der Waals surface area contributed by atoms with Gasteiger partial charge in [0.25, 0.3) is 0 Å². The van der Waals surface area contributed by atoms with E-state index in [0.717, 1.165) is 17.8 Å². The van der Waals surface area contributed by atoms with E-state index in [0.29, 0.717) is 12.0 Å². The first-order chi connectivity index (χ1) is 8.15. The van der Waals surface area contributed by atoms with Crippen LogP contribution in [0.4, 0.5) is 5.69 Å². The molecule has 1 aromatic rings. The van der Waals surface area contributed by atoms with E-state index < -0.39 is 0 Å². The monoisotopic (exact) mass is 228 g/mol. The molecule has 0 bridgehead atoms. The van der Waals surface area contributed by atoms with Crippen molar-refractivity contribution in [3.05, 3.63) is 29.3 Å². The van der Waals surface area contributed by atoms with Crippen LogP contribution in [0, 0.1) is 24.2 Å². The van der Waals surface area contributed by atoms with Crippen LogP contribution in [0.1, 0.15) is 37.8 Å².